The quantitative estimate of drug-likeness (QED) is 0.865. The number of hydrogen-bond donors (Lipinski definition) is 2. The predicted molar refractivity (Wildman–Crippen MR) is 64.7 cm³/mol. The van der Waals surface area contributed by atoms with Crippen LogP contribution < -0.4 is 5.32 Å². The summed E-state index contributed by atoms with van der Waals surface area (Å²) in [4.78, 5) is 0. The van der Waals surface area contributed by atoms with Gasteiger partial charge >= 0.3 is 0 Å². The second-order valence-corrected chi connectivity index (χ2v) is 4.98. The topological polar surface area (TPSA) is 32.3 Å². The monoisotopic (exact) mass is 269 g/mol. The van der Waals surface area contributed by atoms with Crippen molar-refractivity contribution in [3.8, 4) is 0 Å². The molecule has 1 fully saturated rings. The van der Waals surface area contributed by atoms with Crippen molar-refractivity contribution in [1.82, 2.24) is 5.32 Å². The van der Waals surface area contributed by atoms with Crippen LogP contribution >= 0.6 is 15.9 Å². The van der Waals surface area contributed by atoms with Crippen LogP contribution in [0.1, 0.15) is 24.4 Å². The van der Waals surface area contributed by atoms with E-state index in [2.05, 4.69) is 45.5 Å². The van der Waals surface area contributed by atoms with Crippen LogP contribution in [-0.4, -0.2) is 18.3 Å². The molecule has 0 spiro atoms. The number of nitrogens with one attached hydrogen (secondary N) is 1. The number of halogens is 1. The molecule has 82 valence electrons. The normalized spacial score (nSPS) is 26.5. The van der Waals surface area contributed by atoms with Crippen LogP contribution in [0, 0.1) is 5.92 Å². The first-order valence-electron chi connectivity index (χ1n) is 5.41. The molecule has 0 bridgehead atoms. The van der Waals surface area contributed by atoms with Gasteiger partial charge in [0, 0.05) is 23.0 Å². The van der Waals surface area contributed by atoms with Gasteiger partial charge in [-0.25, -0.2) is 0 Å². The van der Waals surface area contributed by atoms with Gasteiger partial charge in [-0.05, 0) is 37.1 Å². The Labute approximate surface area is 98.8 Å². The largest absolute Gasteiger partial charge is 0.396 e. The second kappa shape index (κ2) is 5.10. The van der Waals surface area contributed by atoms with E-state index in [-0.39, 0.29) is 6.61 Å². The molecular formula is C12H16BrNO. The van der Waals surface area contributed by atoms with Crippen molar-refractivity contribution >= 4 is 15.9 Å². The van der Waals surface area contributed by atoms with Gasteiger partial charge in [0.05, 0.1) is 0 Å². The fraction of sp³-hybridized carbons (Fsp3) is 0.500. The van der Waals surface area contributed by atoms with Gasteiger partial charge in [-0.3, -0.25) is 0 Å². The lowest BCUT2D eigenvalue weighted by molar-refractivity contribution is 0.160. The molecule has 3 heteroatoms. The molecule has 1 aliphatic heterocycles. The maximum Gasteiger partial charge on any atom is 0.0477 e. The summed E-state index contributed by atoms with van der Waals surface area (Å²) in [6.07, 6.45) is 2.28. The molecule has 2 nitrogen and oxygen atoms in total. The van der Waals surface area contributed by atoms with E-state index in [1.165, 1.54) is 5.56 Å². The number of benzene rings is 1. The van der Waals surface area contributed by atoms with Gasteiger partial charge in [0.25, 0.3) is 0 Å². The van der Waals surface area contributed by atoms with Gasteiger partial charge < -0.3 is 10.4 Å². The Morgan fingerprint density at radius 3 is 2.73 bits per heavy atom. The highest BCUT2D eigenvalue weighted by Crippen LogP contribution is 2.29. The molecule has 0 saturated carbocycles. The van der Waals surface area contributed by atoms with Crippen LogP contribution in [0.25, 0.3) is 0 Å². The highest BCUT2D eigenvalue weighted by Gasteiger charge is 2.25. The van der Waals surface area contributed by atoms with Crippen molar-refractivity contribution in [3.63, 3.8) is 0 Å². The van der Waals surface area contributed by atoms with Crippen molar-refractivity contribution < 1.29 is 5.11 Å². The summed E-state index contributed by atoms with van der Waals surface area (Å²) < 4.78 is 1.10. The average molecular weight is 270 g/mol. The zero-order chi connectivity index (χ0) is 10.7. The zero-order valence-corrected chi connectivity index (χ0v) is 10.2. The van der Waals surface area contributed by atoms with Crippen molar-refractivity contribution in [2.75, 3.05) is 13.2 Å². The minimum atomic E-state index is 0.272. The molecule has 1 aromatic carbocycles. The standard InChI is InChI=1S/C12H16BrNO/c13-11-5-3-9(4-6-11)12-10(8-15)2-1-7-14-12/h3-6,10,12,14-15H,1-2,7-8H2. The van der Waals surface area contributed by atoms with Gasteiger partial charge in [0.15, 0.2) is 0 Å². The van der Waals surface area contributed by atoms with Crippen LogP contribution in [0.3, 0.4) is 0 Å². The fourth-order valence-corrected chi connectivity index (χ4v) is 2.48. The van der Waals surface area contributed by atoms with E-state index in [0.717, 1.165) is 23.9 Å². The first-order chi connectivity index (χ1) is 7.31. The molecule has 2 N–H and O–H groups in total. The summed E-state index contributed by atoms with van der Waals surface area (Å²) in [6, 6.07) is 8.67. The maximum atomic E-state index is 9.33. The molecule has 0 aliphatic carbocycles. The van der Waals surface area contributed by atoms with Gasteiger partial charge in [0.1, 0.15) is 0 Å². The van der Waals surface area contributed by atoms with Crippen LogP contribution in [0.15, 0.2) is 28.7 Å². The van der Waals surface area contributed by atoms with Crippen molar-refractivity contribution in [2.24, 2.45) is 5.92 Å². The number of aliphatic hydroxyl groups is 1. The average Bonchev–Trinajstić information content (AvgIpc) is 2.30. The molecule has 2 atom stereocenters. The Morgan fingerprint density at radius 1 is 1.33 bits per heavy atom. The third-order valence-electron chi connectivity index (χ3n) is 3.05. The molecular weight excluding hydrogens is 254 g/mol. The van der Waals surface area contributed by atoms with E-state index in [1.807, 2.05) is 0 Å². The smallest absolute Gasteiger partial charge is 0.0477 e. The van der Waals surface area contributed by atoms with E-state index >= 15 is 0 Å². The lowest BCUT2D eigenvalue weighted by Gasteiger charge is -2.31. The lowest BCUT2D eigenvalue weighted by Crippen LogP contribution is -2.35. The Bertz CT molecular complexity index is 312. The first kappa shape index (κ1) is 11.1. The zero-order valence-electron chi connectivity index (χ0n) is 8.62. The van der Waals surface area contributed by atoms with Crippen LogP contribution in [-0.2, 0) is 0 Å². The molecule has 1 saturated heterocycles. The number of rotatable bonds is 2. The maximum absolute atomic E-state index is 9.33. The molecule has 1 heterocycles. The highest BCUT2D eigenvalue weighted by atomic mass is 79.9. The third kappa shape index (κ3) is 2.60. The van der Waals surface area contributed by atoms with E-state index in [9.17, 15) is 5.11 Å². The summed E-state index contributed by atoms with van der Waals surface area (Å²) in [7, 11) is 0. The molecule has 15 heavy (non-hydrogen) atoms. The molecule has 1 aromatic rings. The van der Waals surface area contributed by atoms with Crippen LogP contribution in [0.4, 0.5) is 0 Å². The van der Waals surface area contributed by atoms with Crippen molar-refractivity contribution in [2.45, 2.75) is 18.9 Å². The summed E-state index contributed by atoms with van der Waals surface area (Å²) in [6.45, 7) is 1.32. The van der Waals surface area contributed by atoms with Crippen molar-refractivity contribution in [3.05, 3.63) is 34.3 Å². The molecule has 0 radical (unpaired) electrons. The summed E-state index contributed by atoms with van der Waals surface area (Å²) in [5.41, 5.74) is 1.27. The highest BCUT2D eigenvalue weighted by molar-refractivity contribution is 9.10. The van der Waals surface area contributed by atoms with Gasteiger partial charge in [-0.15, -0.1) is 0 Å². The Hall–Kier alpha value is -0.380. The van der Waals surface area contributed by atoms with Crippen molar-refractivity contribution in [1.29, 1.82) is 0 Å². The molecule has 1 aliphatic rings. The second-order valence-electron chi connectivity index (χ2n) is 4.07. The molecule has 0 amide bonds. The predicted octanol–water partition coefficient (Wildman–Crippen LogP) is 2.48. The van der Waals surface area contributed by atoms with Gasteiger partial charge in [-0.2, -0.15) is 0 Å². The SMILES string of the molecule is OCC1CCCNC1c1ccc(Br)cc1. The number of piperidine rings is 1. The number of aliphatic hydroxyl groups excluding tert-OH is 1. The fourth-order valence-electron chi connectivity index (χ4n) is 2.21. The Balaban J connectivity index is 2.16. The Kier molecular flexibility index (Phi) is 3.78. The van der Waals surface area contributed by atoms with Gasteiger partial charge in [0.2, 0.25) is 0 Å². The van der Waals surface area contributed by atoms with Crippen LogP contribution in [0.2, 0.25) is 0 Å². The van der Waals surface area contributed by atoms with E-state index in [4.69, 9.17) is 0 Å². The minimum absolute atomic E-state index is 0.272. The van der Waals surface area contributed by atoms with E-state index in [1.54, 1.807) is 0 Å². The molecule has 0 aromatic heterocycles. The first-order valence-corrected chi connectivity index (χ1v) is 6.20. The summed E-state index contributed by atoms with van der Waals surface area (Å²) in [5, 5.41) is 12.8. The van der Waals surface area contributed by atoms with E-state index in [0.29, 0.717) is 12.0 Å². The number of hydrogen-bond acceptors (Lipinski definition) is 2. The molecule has 2 rings (SSSR count). The Morgan fingerprint density at radius 2 is 2.07 bits per heavy atom. The summed E-state index contributed by atoms with van der Waals surface area (Å²) >= 11 is 3.43. The minimum Gasteiger partial charge on any atom is -0.396 e. The van der Waals surface area contributed by atoms with E-state index < -0.39 is 0 Å². The van der Waals surface area contributed by atoms with Crippen LogP contribution in [0.5, 0.6) is 0 Å². The molecule has 2 unspecified atom stereocenters. The van der Waals surface area contributed by atoms with Gasteiger partial charge in [-0.1, -0.05) is 28.1 Å². The summed E-state index contributed by atoms with van der Waals surface area (Å²) in [5.74, 6) is 0.361. The third-order valence-corrected chi connectivity index (χ3v) is 3.58. The lowest BCUT2D eigenvalue weighted by atomic mass is 9.87.